The largest absolute Gasteiger partial charge is 0.493 e. The molecule has 0 spiro atoms. The van der Waals surface area contributed by atoms with Crippen LogP contribution in [0.3, 0.4) is 0 Å². The van der Waals surface area contributed by atoms with Gasteiger partial charge in [-0.05, 0) is 48.6 Å². The van der Waals surface area contributed by atoms with Gasteiger partial charge in [-0.1, -0.05) is 24.3 Å². The summed E-state index contributed by atoms with van der Waals surface area (Å²) in [5.74, 6) is 1.07. The van der Waals surface area contributed by atoms with Crippen molar-refractivity contribution in [3.8, 4) is 11.5 Å². The van der Waals surface area contributed by atoms with E-state index in [1.807, 2.05) is 36.4 Å². The number of ether oxygens (including phenoxy) is 2. The van der Waals surface area contributed by atoms with Crippen LogP contribution in [0.1, 0.15) is 24.0 Å². The quantitative estimate of drug-likeness (QED) is 0.800. The molecule has 6 nitrogen and oxygen atoms in total. The fourth-order valence-electron chi connectivity index (χ4n) is 3.44. The first-order valence-corrected chi connectivity index (χ1v) is 9.48. The average Bonchev–Trinajstić information content (AvgIpc) is 2.75. The van der Waals surface area contributed by atoms with Crippen LogP contribution in [-0.4, -0.2) is 39.1 Å². The molecule has 2 aromatic rings. The van der Waals surface area contributed by atoms with Crippen LogP contribution < -0.4 is 19.7 Å². The molecule has 28 heavy (non-hydrogen) atoms. The van der Waals surface area contributed by atoms with Crippen molar-refractivity contribution in [1.29, 1.82) is 0 Å². The molecule has 2 aromatic carbocycles. The topological polar surface area (TPSA) is 67.9 Å². The van der Waals surface area contributed by atoms with Crippen LogP contribution >= 0.6 is 0 Å². The lowest BCUT2D eigenvalue weighted by atomic mass is 10.0. The number of para-hydroxylation sites is 1. The minimum Gasteiger partial charge on any atom is -0.493 e. The number of rotatable bonds is 7. The molecule has 0 atom stereocenters. The molecule has 0 fully saturated rings. The van der Waals surface area contributed by atoms with E-state index in [2.05, 4.69) is 11.4 Å². The average molecular weight is 382 g/mol. The van der Waals surface area contributed by atoms with E-state index in [0.717, 1.165) is 24.1 Å². The summed E-state index contributed by atoms with van der Waals surface area (Å²) in [5.41, 5.74) is 3.12. The molecule has 0 aromatic heterocycles. The van der Waals surface area contributed by atoms with E-state index in [0.29, 0.717) is 30.9 Å². The van der Waals surface area contributed by atoms with Crippen LogP contribution in [0.2, 0.25) is 0 Å². The number of hydrogen-bond donors (Lipinski definition) is 1. The molecule has 0 radical (unpaired) electrons. The molecule has 1 aliphatic rings. The van der Waals surface area contributed by atoms with E-state index in [-0.39, 0.29) is 18.4 Å². The fourth-order valence-corrected chi connectivity index (χ4v) is 3.44. The van der Waals surface area contributed by atoms with E-state index in [1.54, 1.807) is 19.1 Å². The number of carbonyl (C=O) groups is 2. The van der Waals surface area contributed by atoms with Gasteiger partial charge in [-0.2, -0.15) is 0 Å². The monoisotopic (exact) mass is 382 g/mol. The number of hydrogen-bond acceptors (Lipinski definition) is 4. The summed E-state index contributed by atoms with van der Waals surface area (Å²) in [5, 5.41) is 2.75. The van der Waals surface area contributed by atoms with Crippen molar-refractivity contribution in [1.82, 2.24) is 5.32 Å². The Labute approximate surface area is 165 Å². The normalized spacial score (nSPS) is 12.9. The lowest BCUT2D eigenvalue weighted by Gasteiger charge is -2.29. The minimum absolute atomic E-state index is 0.0130. The summed E-state index contributed by atoms with van der Waals surface area (Å²) < 4.78 is 10.5. The molecular weight excluding hydrogens is 356 g/mol. The Hall–Kier alpha value is -3.02. The van der Waals surface area contributed by atoms with E-state index in [4.69, 9.17) is 9.47 Å². The number of benzene rings is 2. The van der Waals surface area contributed by atoms with Crippen molar-refractivity contribution in [3.63, 3.8) is 0 Å². The van der Waals surface area contributed by atoms with Crippen molar-refractivity contribution in [2.24, 2.45) is 0 Å². The van der Waals surface area contributed by atoms with Crippen LogP contribution in [0.4, 0.5) is 5.69 Å². The Morgan fingerprint density at radius 1 is 1.07 bits per heavy atom. The van der Waals surface area contributed by atoms with E-state index >= 15 is 0 Å². The summed E-state index contributed by atoms with van der Waals surface area (Å²) in [6.45, 7) is 0.705. The summed E-state index contributed by atoms with van der Waals surface area (Å²) >= 11 is 0. The number of aryl methyl sites for hydroxylation is 2. The highest BCUT2D eigenvalue weighted by Crippen LogP contribution is 2.28. The summed E-state index contributed by atoms with van der Waals surface area (Å²) in [6, 6.07) is 13.5. The van der Waals surface area contributed by atoms with Crippen molar-refractivity contribution < 1.29 is 19.1 Å². The number of nitrogens with zero attached hydrogens (tertiary/aromatic N) is 1. The Balaban J connectivity index is 1.50. The second-order valence-electron chi connectivity index (χ2n) is 6.74. The second kappa shape index (κ2) is 9.26. The zero-order valence-electron chi connectivity index (χ0n) is 16.4. The van der Waals surface area contributed by atoms with Gasteiger partial charge in [-0.3, -0.25) is 9.59 Å². The molecular formula is C22H26N2O4. The molecule has 6 heteroatoms. The zero-order chi connectivity index (χ0) is 19.9. The van der Waals surface area contributed by atoms with Crippen molar-refractivity contribution >= 4 is 17.5 Å². The molecule has 0 saturated carbocycles. The molecule has 1 aliphatic heterocycles. The van der Waals surface area contributed by atoms with E-state index in [1.165, 1.54) is 5.56 Å². The highest BCUT2D eigenvalue weighted by atomic mass is 16.5. The van der Waals surface area contributed by atoms with Gasteiger partial charge in [-0.15, -0.1) is 0 Å². The van der Waals surface area contributed by atoms with Crippen molar-refractivity contribution in [2.75, 3.05) is 32.2 Å². The number of methoxy groups -OCH3 is 2. The maximum absolute atomic E-state index is 12.6. The number of carbonyl (C=O) groups excluding carboxylic acids is 2. The first-order chi connectivity index (χ1) is 13.6. The standard InChI is InChI=1S/C22H26N2O4/c1-27-19-11-9-16(14-20(19)28-2)10-12-21(25)23-15-22(26)24-13-5-7-17-6-3-4-8-18(17)24/h3-4,6,8-9,11,14H,5,7,10,12-13,15H2,1-2H3,(H,23,25). The predicted octanol–water partition coefficient (Wildman–Crippen LogP) is 2.73. The zero-order valence-corrected chi connectivity index (χ0v) is 16.4. The molecule has 1 N–H and O–H groups in total. The summed E-state index contributed by atoms with van der Waals surface area (Å²) in [6.07, 6.45) is 2.79. The predicted molar refractivity (Wildman–Crippen MR) is 108 cm³/mol. The lowest BCUT2D eigenvalue weighted by Crippen LogP contribution is -2.42. The van der Waals surface area contributed by atoms with Crippen LogP contribution in [0.25, 0.3) is 0 Å². The Bertz CT molecular complexity index is 850. The molecule has 0 aliphatic carbocycles. The van der Waals surface area contributed by atoms with Crippen LogP contribution in [-0.2, 0) is 22.4 Å². The van der Waals surface area contributed by atoms with Crippen LogP contribution in [0, 0.1) is 0 Å². The first-order valence-electron chi connectivity index (χ1n) is 9.48. The Morgan fingerprint density at radius 3 is 2.64 bits per heavy atom. The molecule has 148 valence electrons. The van der Waals surface area contributed by atoms with Gasteiger partial charge in [0.1, 0.15) is 0 Å². The van der Waals surface area contributed by atoms with Gasteiger partial charge in [-0.25, -0.2) is 0 Å². The van der Waals surface area contributed by atoms with Gasteiger partial charge < -0.3 is 19.7 Å². The van der Waals surface area contributed by atoms with Gasteiger partial charge in [0.2, 0.25) is 11.8 Å². The number of fused-ring (bicyclic) bond motifs is 1. The third-order valence-electron chi connectivity index (χ3n) is 4.94. The third-order valence-corrected chi connectivity index (χ3v) is 4.94. The van der Waals surface area contributed by atoms with Gasteiger partial charge in [0, 0.05) is 18.7 Å². The molecule has 2 amide bonds. The smallest absolute Gasteiger partial charge is 0.246 e. The molecule has 0 saturated heterocycles. The minimum atomic E-state index is -0.145. The van der Waals surface area contributed by atoms with Gasteiger partial charge in [0.15, 0.2) is 11.5 Å². The Kier molecular flexibility index (Phi) is 6.53. The number of amides is 2. The maximum Gasteiger partial charge on any atom is 0.246 e. The molecule has 0 bridgehead atoms. The number of nitrogens with one attached hydrogen (secondary N) is 1. The molecule has 3 rings (SSSR count). The fraction of sp³-hybridized carbons (Fsp3) is 0.364. The lowest BCUT2D eigenvalue weighted by molar-refractivity contribution is -0.125. The highest BCUT2D eigenvalue weighted by molar-refractivity contribution is 5.97. The van der Waals surface area contributed by atoms with Gasteiger partial charge >= 0.3 is 0 Å². The van der Waals surface area contributed by atoms with Crippen LogP contribution in [0.15, 0.2) is 42.5 Å². The van der Waals surface area contributed by atoms with Gasteiger partial charge in [0.05, 0.1) is 20.8 Å². The third kappa shape index (κ3) is 4.63. The Morgan fingerprint density at radius 2 is 1.86 bits per heavy atom. The maximum atomic E-state index is 12.6. The summed E-state index contributed by atoms with van der Waals surface area (Å²) in [7, 11) is 3.17. The SMILES string of the molecule is COc1ccc(CCC(=O)NCC(=O)N2CCCc3ccccc32)cc1OC. The van der Waals surface area contributed by atoms with Gasteiger partial charge in [0.25, 0.3) is 0 Å². The first kappa shape index (κ1) is 19.7. The molecule has 1 heterocycles. The number of anilines is 1. The summed E-state index contributed by atoms with van der Waals surface area (Å²) in [4.78, 5) is 26.5. The van der Waals surface area contributed by atoms with Crippen molar-refractivity contribution in [3.05, 3.63) is 53.6 Å². The molecule has 0 unspecified atom stereocenters. The van der Waals surface area contributed by atoms with Crippen molar-refractivity contribution in [2.45, 2.75) is 25.7 Å². The van der Waals surface area contributed by atoms with Crippen LogP contribution in [0.5, 0.6) is 11.5 Å². The van der Waals surface area contributed by atoms with E-state index < -0.39 is 0 Å². The second-order valence-corrected chi connectivity index (χ2v) is 6.74. The van der Waals surface area contributed by atoms with E-state index in [9.17, 15) is 9.59 Å². The highest BCUT2D eigenvalue weighted by Gasteiger charge is 2.22.